The third kappa shape index (κ3) is 3.56. The summed E-state index contributed by atoms with van der Waals surface area (Å²) in [7, 11) is 0. The van der Waals surface area contributed by atoms with Crippen LogP contribution in [0.3, 0.4) is 0 Å². The van der Waals surface area contributed by atoms with Crippen LogP contribution in [0.15, 0.2) is 61.1 Å². The van der Waals surface area contributed by atoms with E-state index in [0.717, 1.165) is 24.8 Å². The second-order valence-electron chi connectivity index (χ2n) is 6.92. The van der Waals surface area contributed by atoms with Gasteiger partial charge in [-0.05, 0) is 42.2 Å². The SMILES string of the molecule is CC1c2ccccc2CCN1c1cn(Cc2cccc(C(F)(F)F)c2)cn1. The molecule has 0 fully saturated rings. The Balaban J connectivity index is 1.53. The van der Waals surface area contributed by atoms with Gasteiger partial charge in [-0.25, -0.2) is 4.98 Å². The second kappa shape index (κ2) is 6.76. The summed E-state index contributed by atoms with van der Waals surface area (Å²) in [6.07, 6.45) is 0.223. The number of hydrogen-bond donors (Lipinski definition) is 0. The van der Waals surface area contributed by atoms with Gasteiger partial charge in [0.15, 0.2) is 0 Å². The topological polar surface area (TPSA) is 21.1 Å². The number of anilines is 1. The predicted octanol–water partition coefficient (Wildman–Crippen LogP) is 5.07. The molecular weight excluding hydrogens is 351 g/mol. The maximum atomic E-state index is 12.9. The molecule has 0 spiro atoms. The van der Waals surface area contributed by atoms with Crippen LogP contribution in [-0.2, 0) is 19.1 Å². The molecule has 0 radical (unpaired) electrons. The summed E-state index contributed by atoms with van der Waals surface area (Å²) in [4.78, 5) is 6.74. The lowest BCUT2D eigenvalue weighted by molar-refractivity contribution is -0.137. The fraction of sp³-hybridized carbons (Fsp3) is 0.286. The van der Waals surface area contributed by atoms with Crippen LogP contribution in [0.25, 0.3) is 0 Å². The molecule has 0 N–H and O–H groups in total. The highest BCUT2D eigenvalue weighted by atomic mass is 19.4. The normalized spacial score (nSPS) is 17.0. The Morgan fingerprint density at radius 2 is 1.93 bits per heavy atom. The van der Waals surface area contributed by atoms with Crippen LogP contribution in [0.5, 0.6) is 0 Å². The second-order valence-corrected chi connectivity index (χ2v) is 6.92. The number of benzene rings is 2. The summed E-state index contributed by atoms with van der Waals surface area (Å²) in [5.41, 5.74) is 2.65. The van der Waals surface area contributed by atoms with Crippen LogP contribution in [0.4, 0.5) is 19.0 Å². The van der Waals surface area contributed by atoms with Crippen molar-refractivity contribution in [3.63, 3.8) is 0 Å². The number of nitrogens with zero attached hydrogens (tertiary/aromatic N) is 3. The lowest BCUT2D eigenvalue weighted by Gasteiger charge is -2.35. The van der Waals surface area contributed by atoms with E-state index in [-0.39, 0.29) is 6.04 Å². The van der Waals surface area contributed by atoms with Gasteiger partial charge in [0.25, 0.3) is 0 Å². The molecule has 1 unspecified atom stereocenters. The fourth-order valence-electron chi connectivity index (χ4n) is 3.72. The number of rotatable bonds is 3. The maximum Gasteiger partial charge on any atom is 0.416 e. The Morgan fingerprint density at radius 1 is 1.11 bits per heavy atom. The van der Waals surface area contributed by atoms with Crippen LogP contribution in [0.2, 0.25) is 0 Å². The molecule has 3 aromatic rings. The van der Waals surface area contributed by atoms with Crippen LogP contribution in [-0.4, -0.2) is 16.1 Å². The molecule has 2 aromatic carbocycles. The maximum absolute atomic E-state index is 12.9. The van der Waals surface area contributed by atoms with Crippen LogP contribution in [0.1, 0.15) is 35.2 Å². The molecule has 3 nitrogen and oxygen atoms in total. The minimum Gasteiger partial charge on any atom is -0.348 e. The molecule has 27 heavy (non-hydrogen) atoms. The summed E-state index contributed by atoms with van der Waals surface area (Å²) in [5, 5.41) is 0. The Labute approximate surface area is 156 Å². The van der Waals surface area contributed by atoms with E-state index in [2.05, 4.69) is 35.0 Å². The molecule has 1 aliphatic heterocycles. The fourth-order valence-corrected chi connectivity index (χ4v) is 3.72. The molecule has 0 saturated carbocycles. The van der Waals surface area contributed by atoms with Crippen molar-refractivity contribution in [2.24, 2.45) is 0 Å². The van der Waals surface area contributed by atoms with Gasteiger partial charge in [0.1, 0.15) is 5.82 Å². The predicted molar refractivity (Wildman–Crippen MR) is 98.7 cm³/mol. The van der Waals surface area contributed by atoms with E-state index >= 15 is 0 Å². The highest BCUT2D eigenvalue weighted by Crippen LogP contribution is 2.33. The van der Waals surface area contributed by atoms with Gasteiger partial charge in [-0.15, -0.1) is 0 Å². The zero-order valence-electron chi connectivity index (χ0n) is 14.9. The monoisotopic (exact) mass is 371 g/mol. The van der Waals surface area contributed by atoms with Crippen molar-refractivity contribution >= 4 is 5.82 Å². The van der Waals surface area contributed by atoms with E-state index in [9.17, 15) is 13.2 Å². The van der Waals surface area contributed by atoms with Gasteiger partial charge in [0, 0.05) is 19.3 Å². The first-order chi connectivity index (χ1) is 12.9. The van der Waals surface area contributed by atoms with E-state index in [1.54, 1.807) is 12.4 Å². The third-order valence-corrected chi connectivity index (χ3v) is 5.13. The number of fused-ring (bicyclic) bond motifs is 1. The first-order valence-corrected chi connectivity index (χ1v) is 8.94. The number of hydrogen-bond acceptors (Lipinski definition) is 2. The minimum atomic E-state index is -4.33. The van der Waals surface area contributed by atoms with Crippen LogP contribution in [0, 0.1) is 0 Å². The lowest BCUT2D eigenvalue weighted by atomic mass is 9.94. The minimum absolute atomic E-state index is 0.215. The molecule has 0 aliphatic carbocycles. The van der Waals surface area contributed by atoms with Crippen molar-refractivity contribution in [3.8, 4) is 0 Å². The summed E-state index contributed by atoms with van der Waals surface area (Å²) in [5.74, 6) is 0.851. The van der Waals surface area contributed by atoms with Gasteiger partial charge in [0.2, 0.25) is 0 Å². The van der Waals surface area contributed by atoms with Crippen LogP contribution < -0.4 is 4.90 Å². The van der Waals surface area contributed by atoms with Crippen molar-refractivity contribution < 1.29 is 13.2 Å². The van der Waals surface area contributed by atoms with Crippen molar-refractivity contribution in [1.29, 1.82) is 0 Å². The average molecular weight is 371 g/mol. The Bertz CT molecular complexity index is 946. The summed E-state index contributed by atoms with van der Waals surface area (Å²) in [6.45, 7) is 3.39. The summed E-state index contributed by atoms with van der Waals surface area (Å²) in [6, 6.07) is 14.1. The van der Waals surface area contributed by atoms with Gasteiger partial charge < -0.3 is 9.47 Å². The zero-order chi connectivity index (χ0) is 19.0. The zero-order valence-corrected chi connectivity index (χ0v) is 14.9. The smallest absolute Gasteiger partial charge is 0.348 e. The third-order valence-electron chi connectivity index (χ3n) is 5.13. The first kappa shape index (κ1) is 17.6. The molecule has 2 heterocycles. The van der Waals surface area contributed by atoms with Gasteiger partial charge in [-0.3, -0.25) is 0 Å². The van der Waals surface area contributed by atoms with Crippen molar-refractivity contribution in [2.75, 3.05) is 11.4 Å². The lowest BCUT2D eigenvalue weighted by Crippen LogP contribution is -2.34. The number of imidazole rings is 1. The molecular formula is C21H20F3N3. The Kier molecular flexibility index (Phi) is 4.42. The van der Waals surface area contributed by atoms with E-state index in [4.69, 9.17) is 0 Å². The molecule has 6 heteroatoms. The largest absolute Gasteiger partial charge is 0.416 e. The van der Waals surface area contributed by atoms with E-state index in [0.29, 0.717) is 12.1 Å². The highest BCUT2D eigenvalue weighted by molar-refractivity contribution is 5.46. The molecule has 140 valence electrons. The Morgan fingerprint density at radius 3 is 2.74 bits per heavy atom. The van der Waals surface area contributed by atoms with Crippen molar-refractivity contribution in [2.45, 2.75) is 32.1 Å². The molecule has 1 aliphatic rings. The molecule has 1 atom stereocenters. The van der Waals surface area contributed by atoms with Crippen molar-refractivity contribution in [3.05, 3.63) is 83.3 Å². The van der Waals surface area contributed by atoms with E-state index < -0.39 is 11.7 Å². The van der Waals surface area contributed by atoms with Gasteiger partial charge in [-0.2, -0.15) is 13.2 Å². The molecule has 0 saturated heterocycles. The number of alkyl halides is 3. The summed E-state index contributed by atoms with van der Waals surface area (Å²) < 4.78 is 40.5. The summed E-state index contributed by atoms with van der Waals surface area (Å²) >= 11 is 0. The Hall–Kier alpha value is -2.76. The van der Waals surface area contributed by atoms with Gasteiger partial charge in [-0.1, -0.05) is 36.4 Å². The average Bonchev–Trinajstić information content (AvgIpc) is 3.10. The van der Waals surface area contributed by atoms with Gasteiger partial charge in [0.05, 0.1) is 17.9 Å². The van der Waals surface area contributed by atoms with E-state index in [1.807, 2.05) is 16.8 Å². The van der Waals surface area contributed by atoms with Crippen molar-refractivity contribution in [1.82, 2.24) is 9.55 Å². The first-order valence-electron chi connectivity index (χ1n) is 8.94. The standard InChI is InChI=1S/C21H20F3N3/c1-15-19-8-3-2-6-17(19)9-10-27(15)20-13-26(14-25-20)12-16-5-4-7-18(11-16)21(22,23)24/h2-8,11,13-15H,9-10,12H2,1H3. The number of halogens is 3. The van der Waals surface area contributed by atoms with Crippen LogP contribution >= 0.6 is 0 Å². The molecule has 1 aromatic heterocycles. The molecule has 4 rings (SSSR count). The quantitative estimate of drug-likeness (QED) is 0.641. The highest BCUT2D eigenvalue weighted by Gasteiger charge is 2.30. The molecule has 0 bridgehead atoms. The number of aromatic nitrogens is 2. The van der Waals surface area contributed by atoms with Gasteiger partial charge >= 0.3 is 6.18 Å². The molecule has 0 amide bonds. The van der Waals surface area contributed by atoms with E-state index in [1.165, 1.54) is 23.3 Å².